The van der Waals surface area contributed by atoms with E-state index < -0.39 is 0 Å². The van der Waals surface area contributed by atoms with Gasteiger partial charge in [0.15, 0.2) is 0 Å². The molecule has 5 nitrogen and oxygen atoms in total. The van der Waals surface area contributed by atoms with Gasteiger partial charge in [-0.05, 0) is 49.9 Å². The van der Waals surface area contributed by atoms with Gasteiger partial charge < -0.3 is 15.0 Å². The van der Waals surface area contributed by atoms with Crippen LogP contribution in [0.5, 0.6) is 0 Å². The third-order valence-electron chi connectivity index (χ3n) is 4.81. The van der Waals surface area contributed by atoms with Crippen molar-refractivity contribution >= 4 is 11.6 Å². The minimum Gasteiger partial charge on any atom is -0.376 e. The molecule has 24 heavy (non-hydrogen) atoms. The van der Waals surface area contributed by atoms with Crippen molar-refractivity contribution in [2.75, 3.05) is 36.5 Å². The maximum atomic E-state index is 5.62. The van der Waals surface area contributed by atoms with Gasteiger partial charge in [-0.15, -0.1) is 0 Å². The van der Waals surface area contributed by atoms with Gasteiger partial charge in [0.05, 0.1) is 6.10 Å². The minimum atomic E-state index is 0.328. The number of anilines is 2. The van der Waals surface area contributed by atoms with Crippen molar-refractivity contribution in [2.24, 2.45) is 0 Å². The molecule has 4 rings (SSSR count). The highest BCUT2D eigenvalue weighted by Crippen LogP contribution is 2.23. The number of nitrogens with zero attached hydrogens (tertiary/aromatic N) is 3. The monoisotopic (exact) mass is 324 g/mol. The molecule has 2 aliphatic rings. The molecule has 0 spiro atoms. The van der Waals surface area contributed by atoms with Gasteiger partial charge in [0.1, 0.15) is 11.6 Å². The summed E-state index contributed by atoms with van der Waals surface area (Å²) in [5.74, 6) is 1.98. The average Bonchev–Trinajstić information content (AvgIpc) is 3.34. The first kappa shape index (κ1) is 15.4. The molecular weight excluding hydrogens is 300 g/mol. The van der Waals surface area contributed by atoms with Crippen molar-refractivity contribution < 1.29 is 4.74 Å². The van der Waals surface area contributed by atoms with Gasteiger partial charge in [0, 0.05) is 49.8 Å². The normalized spacial score (nSPS) is 20.5. The summed E-state index contributed by atoms with van der Waals surface area (Å²) in [7, 11) is 0. The zero-order chi connectivity index (χ0) is 16.2. The fraction of sp³-hybridized carbons (Fsp3) is 0.474. The minimum absolute atomic E-state index is 0.328. The number of ether oxygens (including phenoxy) is 1. The van der Waals surface area contributed by atoms with E-state index in [4.69, 9.17) is 4.74 Å². The number of hydrogen-bond acceptors (Lipinski definition) is 5. The molecule has 2 aromatic rings. The van der Waals surface area contributed by atoms with E-state index in [9.17, 15) is 0 Å². The summed E-state index contributed by atoms with van der Waals surface area (Å²) >= 11 is 0. The van der Waals surface area contributed by atoms with Gasteiger partial charge in [-0.1, -0.05) is 0 Å². The Kier molecular flexibility index (Phi) is 4.60. The Morgan fingerprint density at radius 3 is 2.42 bits per heavy atom. The first-order valence-electron chi connectivity index (χ1n) is 8.91. The van der Waals surface area contributed by atoms with Crippen molar-refractivity contribution in [3.8, 4) is 11.1 Å². The van der Waals surface area contributed by atoms with Gasteiger partial charge in [-0.3, -0.25) is 0 Å². The molecule has 0 saturated carbocycles. The Balaban J connectivity index is 1.38. The highest BCUT2D eigenvalue weighted by molar-refractivity contribution is 5.64. The quantitative estimate of drug-likeness (QED) is 0.914. The molecule has 126 valence electrons. The Labute approximate surface area is 143 Å². The van der Waals surface area contributed by atoms with Crippen LogP contribution in [0.3, 0.4) is 0 Å². The molecule has 0 unspecified atom stereocenters. The van der Waals surface area contributed by atoms with Crippen molar-refractivity contribution in [1.82, 2.24) is 9.97 Å². The Morgan fingerprint density at radius 1 is 1.00 bits per heavy atom. The number of rotatable bonds is 5. The number of pyridine rings is 2. The summed E-state index contributed by atoms with van der Waals surface area (Å²) in [5, 5.41) is 3.35. The summed E-state index contributed by atoms with van der Waals surface area (Å²) < 4.78 is 5.62. The van der Waals surface area contributed by atoms with E-state index in [1.54, 1.807) is 0 Å². The molecule has 2 saturated heterocycles. The molecule has 5 heteroatoms. The zero-order valence-corrected chi connectivity index (χ0v) is 13.9. The van der Waals surface area contributed by atoms with Crippen LogP contribution in [0, 0.1) is 0 Å². The molecule has 0 bridgehead atoms. The number of nitrogens with one attached hydrogen (secondary N) is 1. The van der Waals surface area contributed by atoms with Crippen LogP contribution in [0.15, 0.2) is 36.7 Å². The highest BCUT2D eigenvalue weighted by Gasteiger charge is 2.15. The fourth-order valence-electron chi connectivity index (χ4n) is 3.38. The van der Waals surface area contributed by atoms with Gasteiger partial charge in [-0.2, -0.15) is 0 Å². The molecule has 1 atom stereocenters. The van der Waals surface area contributed by atoms with Crippen molar-refractivity contribution in [3.05, 3.63) is 36.7 Å². The molecule has 2 aromatic heterocycles. The lowest BCUT2D eigenvalue weighted by atomic mass is 10.1. The maximum Gasteiger partial charge on any atom is 0.128 e. The predicted molar refractivity (Wildman–Crippen MR) is 96.4 cm³/mol. The lowest BCUT2D eigenvalue weighted by Gasteiger charge is -2.16. The standard InChI is InChI=1S/C19H24N4O/c1-2-10-23(9-1)19-8-6-16(13-22-19)15-5-7-18(20-12-15)21-14-17-4-3-11-24-17/h5-8,12-13,17H,1-4,9-11,14H2,(H,20,21)/t17-/m1/s1. The van der Waals surface area contributed by atoms with Crippen LogP contribution in [0.25, 0.3) is 11.1 Å². The third-order valence-corrected chi connectivity index (χ3v) is 4.81. The molecule has 2 aliphatic heterocycles. The van der Waals surface area contributed by atoms with Crippen LogP contribution >= 0.6 is 0 Å². The molecular formula is C19H24N4O. The first-order chi connectivity index (χ1) is 11.9. The SMILES string of the molecule is c1cc(NC[C@H]2CCCO2)ncc1-c1ccc(N2CCCC2)nc1. The van der Waals surface area contributed by atoms with E-state index in [1.807, 2.05) is 18.5 Å². The molecule has 0 aromatic carbocycles. The Morgan fingerprint density at radius 2 is 1.79 bits per heavy atom. The van der Waals surface area contributed by atoms with Crippen LogP contribution in [0.2, 0.25) is 0 Å². The van der Waals surface area contributed by atoms with Crippen LogP contribution in [-0.2, 0) is 4.74 Å². The number of hydrogen-bond donors (Lipinski definition) is 1. The largest absolute Gasteiger partial charge is 0.376 e. The van der Waals surface area contributed by atoms with E-state index in [1.165, 1.54) is 19.3 Å². The number of aromatic nitrogens is 2. The average molecular weight is 324 g/mol. The second-order valence-electron chi connectivity index (χ2n) is 6.55. The summed E-state index contributed by atoms with van der Waals surface area (Å²) in [5.41, 5.74) is 2.20. The first-order valence-corrected chi connectivity index (χ1v) is 8.91. The van der Waals surface area contributed by atoms with Crippen LogP contribution in [0.1, 0.15) is 25.7 Å². The van der Waals surface area contributed by atoms with Gasteiger partial charge in [0.25, 0.3) is 0 Å². The predicted octanol–water partition coefficient (Wildman–Crippen LogP) is 3.33. The fourth-order valence-corrected chi connectivity index (χ4v) is 3.38. The lowest BCUT2D eigenvalue weighted by Crippen LogP contribution is -2.18. The molecule has 1 N–H and O–H groups in total. The van der Waals surface area contributed by atoms with Crippen molar-refractivity contribution in [2.45, 2.75) is 31.8 Å². The van der Waals surface area contributed by atoms with Gasteiger partial charge >= 0.3 is 0 Å². The Bertz CT molecular complexity index is 644. The molecule has 0 radical (unpaired) electrons. The van der Waals surface area contributed by atoms with Crippen LogP contribution in [0.4, 0.5) is 11.6 Å². The van der Waals surface area contributed by atoms with E-state index in [-0.39, 0.29) is 0 Å². The van der Waals surface area contributed by atoms with Crippen molar-refractivity contribution in [3.63, 3.8) is 0 Å². The van der Waals surface area contributed by atoms with Crippen molar-refractivity contribution in [1.29, 1.82) is 0 Å². The maximum absolute atomic E-state index is 5.62. The summed E-state index contributed by atoms with van der Waals surface area (Å²) in [6, 6.07) is 8.37. The summed E-state index contributed by atoms with van der Waals surface area (Å²) in [6.45, 7) is 3.97. The second kappa shape index (κ2) is 7.18. The topological polar surface area (TPSA) is 50.3 Å². The zero-order valence-electron chi connectivity index (χ0n) is 13.9. The van der Waals surface area contributed by atoms with E-state index in [0.29, 0.717) is 6.10 Å². The molecule has 2 fully saturated rings. The van der Waals surface area contributed by atoms with E-state index in [0.717, 1.165) is 55.4 Å². The summed E-state index contributed by atoms with van der Waals surface area (Å²) in [6.07, 6.45) is 9.03. The third kappa shape index (κ3) is 3.51. The van der Waals surface area contributed by atoms with Crippen LogP contribution < -0.4 is 10.2 Å². The second-order valence-corrected chi connectivity index (χ2v) is 6.55. The molecule has 0 aliphatic carbocycles. The highest BCUT2D eigenvalue weighted by atomic mass is 16.5. The van der Waals surface area contributed by atoms with Gasteiger partial charge in [-0.25, -0.2) is 9.97 Å². The molecule has 4 heterocycles. The smallest absolute Gasteiger partial charge is 0.128 e. The van der Waals surface area contributed by atoms with Crippen LogP contribution in [-0.4, -0.2) is 42.3 Å². The van der Waals surface area contributed by atoms with E-state index >= 15 is 0 Å². The summed E-state index contributed by atoms with van der Waals surface area (Å²) in [4.78, 5) is 11.5. The molecule has 0 amide bonds. The Hall–Kier alpha value is -2.14. The van der Waals surface area contributed by atoms with E-state index in [2.05, 4.69) is 38.4 Å². The lowest BCUT2D eigenvalue weighted by molar-refractivity contribution is 0.120. The van der Waals surface area contributed by atoms with Gasteiger partial charge in [0.2, 0.25) is 0 Å².